The smallest absolute Gasteiger partial charge is 0.309 e. The third kappa shape index (κ3) is 10.6. The molecule has 0 aromatic carbocycles. The van der Waals surface area contributed by atoms with Crippen molar-refractivity contribution in [2.24, 2.45) is 5.92 Å². The summed E-state index contributed by atoms with van der Waals surface area (Å²) in [4.78, 5) is 1.82. The van der Waals surface area contributed by atoms with Crippen LogP contribution in [0.3, 0.4) is 0 Å². The molecule has 30 heavy (non-hydrogen) atoms. The van der Waals surface area contributed by atoms with Crippen molar-refractivity contribution in [1.82, 2.24) is 9.62 Å². The minimum absolute atomic E-state index is 0.108. The molecule has 182 valence electrons. The van der Waals surface area contributed by atoms with Crippen LogP contribution in [-0.4, -0.2) is 69.9 Å². The molecule has 4 nitrogen and oxygen atoms in total. The van der Waals surface area contributed by atoms with Crippen LogP contribution in [0.5, 0.6) is 0 Å². The largest absolute Gasteiger partial charge is 0.431 e. The van der Waals surface area contributed by atoms with Gasteiger partial charge in [0.15, 0.2) is 0 Å². The molecule has 13 heteroatoms. The molecule has 0 aliphatic carbocycles. The minimum atomic E-state index is -6.23. The Kier molecular flexibility index (Phi) is 10.5. The Hall–Kier alpha value is -0.690. The van der Waals surface area contributed by atoms with Crippen molar-refractivity contribution in [2.75, 3.05) is 32.9 Å². The maximum absolute atomic E-state index is 14.1. The van der Waals surface area contributed by atoms with E-state index in [-0.39, 0.29) is 13.0 Å². The summed E-state index contributed by atoms with van der Waals surface area (Å²) in [6.45, 7) is 2.61. The Labute approximate surface area is 172 Å². The number of sulfonamides is 1. The van der Waals surface area contributed by atoms with Gasteiger partial charge in [0, 0.05) is 13.0 Å². The molecule has 0 heterocycles. The highest BCUT2D eigenvalue weighted by Gasteiger charge is 2.72. The Balaban J connectivity index is 5.13. The van der Waals surface area contributed by atoms with Crippen molar-refractivity contribution in [3.8, 4) is 0 Å². The Morgan fingerprint density at radius 3 is 1.77 bits per heavy atom. The highest BCUT2D eigenvalue weighted by Crippen LogP contribution is 2.51. The highest BCUT2D eigenvalue weighted by atomic mass is 32.2. The molecule has 0 aromatic rings. The van der Waals surface area contributed by atoms with E-state index in [9.17, 15) is 43.5 Å². The van der Waals surface area contributed by atoms with Gasteiger partial charge in [-0.25, -0.2) is 21.9 Å². The highest BCUT2D eigenvalue weighted by molar-refractivity contribution is 7.89. The third-order valence-corrected chi connectivity index (χ3v) is 5.84. The van der Waals surface area contributed by atoms with Gasteiger partial charge in [-0.3, -0.25) is 0 Å². The zero-order valence-electron chi connectivity index (χ0n) is 17.4. The first-order valence-electron chi connectivity index (χ1n) is 9.33. The van der Waals surface area contributed by atoms with Gasteiger partial charge in [-0.2, -0.15) is 26.3 Å². The normalized spacial score (nSPS) is 15.6. The average Bonchev–Trinajstić information content (AvgIpc) is 2.47. The van der Waals surface area contributed by atoms with Gasteiger partial charge in [-0.05, 0) is 66.1 Å². The van der Waals surface area contributed by atoms with E-state index in [4.69, 9.17) is 0 Å². The molecular weight excluding hydrogens is 448 g/mol. The molecule has 0 spiro atoms. The molecule has 0 bridgehead atoms. The van der Waals surface area contributed by atoms with Gasteiger partial charge in [0.1, 0.15) is 5.67 Å². The van der Waals surface area contributed by atoms with E-state index in [1.165, 1.54) is 0 Å². The first-order valence-corrected chi connectivity index (χ1v) is 11.0. The van der Waals surface area contributed by atoms with Crippen LogP contribution in [0.25, 0.3) is 0 Å². The predicted molar refractivity (Wildman–Crippen MR) is 98.1 cm³/mol. The van der Waals surface area contributed by atoms with E-state index in [0.717, 1.165) is 13.8 Å². The molecular formula is C17H30F8N2O2S. The first kappa shape index (κ1) is 29.3. The van der Waals surface area contributed by atoms with Gasteiger partial charge < -0.3 is 4.90 Å². The number of alkyl halides is 8. The quantitative estimate of drug-likeness (QED) is 0.311. The molecule has 1 atom stereocenters. The second-order valence-electron chi connectivity index (χ2n) is 8.30. The fraction of sp³-hybridized carbons (Fsp3) is 1.00. The van der Waals surface area contributed by atoms with Crippen molar-refractivity contribution < 1.29 is 43.5 Å². The van der Waals surface area contributed by atoms with Crippen LogP contribution in [0.4, 0.5) is 35.1 Å². The molecule has 1 N–H and O–H groups in total. The number of nitrogens with one attached hydrogen (secondary N) is 1. The molecule has 0 aliphatic heterocycles. The fourth-order valence-corrected chi connectivity index (χ4v) is 4.16. The summed E-state index contributed by atoms with van der Waals surface area (Å²) in [6, 6.07) is 0. The van der Waals surface area contributed by atoms with E-state index in [1.54, 1.807) is 14.1 Å². The summed E-state index contributed by atoms with van der Waals surface area (Å²) in [7, 11) is -0.249. The van der Waals surface area contributed by atoms with Gasteiger partial charge >= 0.3 is 12.4 Å². The van der Waals surface area contributed by atoms with Crippen LogP contribution in [0.1, 0.15) is 46.0 Å². The second-order valence-corrected chi connectivity index (χ2v) is 10.2. The fourth-order valence-electron chi connectivity index (χ4n) is 3.01. The van der Waals surface area contributed by atoms with Crippen LogP contribution in [0.15, 0.2) is 0 Å². The molecule has 0 amide bonds. The number of hydrogen-bond donors (Lipinski definition) is 1. The van der Waals surface area contributed by atoms with Gasteiger partial charge in [0.2, 0.25) is 10.0 Å². The number of nitrogens with zero attached hydrogens (tertiary/aromatic N) is 1. The van der Waals surface area contributed by atoms with Crippen LogP contribution in [0.2, 0.25) is 0 Å². The van der Waals surface area contributed by atoms with E-state index >= 15 is 0 Å². The molecule has 0 radical (unpaired) electrons. The topological polar surface area (TPSA) is 49.4 Å². The molecule has 0 fully saturated rings. The van der Waals surface area contributed by atoms with E-state index in [1.807, 2.05) is 4.90 Å². The van der Waals surface area contributed by atoms with Gasteiger partial charge in [0.25, 0.3) is 5.67 Å². The van der Waals surface area contributed by atoms with Crippen molar-refractivity contribution in [2.45, 2.75) is 69.6 Å². The number of halogens is 8. The van der Waals surface area contributed by atoms with Crippen LogP contribution < -0.4 is 4.72 Å². The second kappa shape index (κ2) is 10.8. The minimum Gasteiger partial charge on any atom is -0.309 e. The summed E-state index contributed by atoms with van der Waals surface area (Å²) < 4.78 is 131. The lowest BCUT2D eigenvalue weighted by molar-refractivity contribution is -0.346. The predicted octanol–water partition coefficient (Wildman–Crippen LogP) is 4.62. The number of rotatable bonds is 13. The maximum atomic E-state index is 14.1. The van der Waals surface area contributed by atoms with Gasteiger partial charge in [0.05, 0.1) is 5.75 Å². The Morgan fingerprint density at radius 2 is 1.37 bits per heavy atom. The van der Waals surface area contributed by atoms with Crippen molar-refractivity contribution in [3.05, 3.63) is 0 Å². The summed E-state index contributed by atoms with van der Waals surface area (Å²) in [5, 5.41) is 0. The van der Waals surface area contributed by atoms with Crippen LogP contribution in [-0.2, 0) is 10.0 Å². The summed E-state index contributed by atoms with van der Waals surface area (Å²) in [5.74, 6) is -2.24. The van der Waals surface area contributed by atoms with E-state index in [2.05, 4.69) is 4.72 Å². The lowest BCUT2D eigenvalue weighted by Crippen LogP contribution is -2.54. The van der Waals surface area contributed by atoms with Crippen molar-refractivity contribution >= 4 is 10.0 Å². The molecule has 0 saturated carbocycles. The van der Waals surface area contributed by atoms with Gasteiger partial charge in [-0.1, -0.05) is 0 Å². The molecule has 0 aromatic heterocycles. The monoisotopic (exact) mass is 478 g/mol. The SMILES string of the molecule is CN(C)CCCNS(=O)(=O)CCCC(CC(C)(C)F)CC(F)(C(F)(F)F)C(F)(F)F. The third-order valence-electron chi connectivity index (χ3n) is 4.37. The number of hydrogen-bond acceptors (Lipinski definition) is 3. The Bertz CT molecular complexity index is 599. The average molecular weight is 478 g/mol. The summed E-state index contributed by atoms with van der Waals surface area (Å²) in [5.41, 5.74) is -7.66. The lowest BCUT2D eigenvalue weighted by atomic mass is 9.82. The summed E-state index contributed by atoms with van der Waals surface area (Å²) >= 11 is 0. The molecule has 0 saturated heterocycles. The van der Waals surface area contributed by atoms with Crippen LogP contribution in [0, 0.1) is 5.92 Å². The summed E-state index contributed by atoms with van der Waals surface area (Å²) in [6.07, 6.45) is -15.6. The lowest BCUT2D eigenvalue weighted by Gasteiger charge is -2.34. The maximum Gasteiger partial charge on any atom is 0.431 e. The molecule has 0 aliphatic rings. The van der Waals surface area contributed by atoms with Crippen LogP contribution >= 0.6 is 0 Å². The molecule has 0 rings (SSSR count). The standard InChI is InChI=1S/C17H30F8N2O2S/c1-14(2,18)11-13(12-15(19,16(20,21)22)17(23,24)25)7-5-10-30(28,29)26-8-6-9-27(3)4/h13,26H,5-12H2,1-4H3. The molecule has 1 unspecified atom stereocenters. The Morgan fingerprint density at radius 1 is 0.867 bits per heavy atom. The van der Waals surface area contributed by atoms with Gasteiger partial charge in [-0.15, -0.1) is 0 Å². The zero-order chi connectivity index (χ0) is 24.0. The zero-order valence-corrected chi connectivity index (χ0v) is 18.2. The first-order chi connectivity index (χ1) is 13.2. The van der Waals surface area contributed by atoms with Crippen molar-refractivity contribution in [1.29, 1.82) is 0 Å². The van der Waals surface area contributed by atoms with E-state index < -0.39 is 64.6 Å². The van der Waals surface area contributed by atoms with E-state index in [0.29, 0.717) is 13.0 Å². The van der Waals surface area contributed by atoms with Crippen molar-refractivity contribution in [3.63, 3.8) is 0 Å².